The van der Waals surface area contributed by atoms with E-state index < -0.39 is 0 Å². The molecule has 0 bridgehead atoms. The van der Waals surface area contributed by atoms with Crippen LogP contribution in [0.25, 0.3) is 33.9 Å². The molecule has 0 radical (unpaired) electrons. The number of rotatable bonds is 3. The molecule has 0 aliphatic heterocycles. The van der Waals surface area contributed by atoms with Crippen molar-refractivity contribution in [3.8, 4) is 22.8 Å². The van der Waals surface area contributed by atoms with Crippen molar-refractivity contribution in [2.45, 2.75) is 13.5 Å². The maximum Gasteiger partial charge on any atom is 0.258 e. The van der Waals surface area contributed by atoms with Gasteiger partial charge in [0.25, 0.3) is 5.89 Å². The zero-order chi connectivity index (χ0) is 15.8. The Labute approximate surface area is 131 Å². The summed E-state index contributed by atoms with van der Waals surface area (Å²) < 4.78 is 20.3. The molecule has 4 aromatic rings. The zero-order valence-corrected chi connectivity index (χ0v) is 12.4. The summed E-state index contributed by atoms with van der Waals surface area (Å²) in [6.45, 7) is 2.94. The highest BCUT2D eigenvalue weighted by Gasteiger charge is 2.12. The third kappa shape index (κ3) is 2.38. The van der Waals surface area contributed by atoms with Gasteiger partial charge < -0.3 is 9.09 Å². The van der Waals surface area contributed by atoms with Crippen LogP contribution in [-0.4, -0.2) is 19.7 Å². The van der Waals surface area contributed by atoms with Crippen molar-refractivity contribution >= 4 is 11.0 Å². The van der Waals surface area contributed by atoms with E-state index in [0.29, 0.717) is 17.3 Å². The van der Waals surface area contributed by atoms with Gasteiger partial charge in [-0.2, -0.15) is 4.98 Å². The molecule has 0 unspecified atom stereocenters. The Hall–Kier alpha value is -3.02. The average Bonchev–Trinajstić information content (AvgIpc) is 3.21. The van der Waals surface area contributed by atoms with Crippen molar-refractivity contribution < 1.29 is 8.91 Å². The number of aromatic nitrogens is 4. The highest BCUT2D eigenvalue weighted by Crippen LogP contribution is 2.25. The topological polar surface area (TPSA) is 56.7 Å². The monoisotopic (exact) mass is 308 g/mol. The van der Waals surface area contributed by atoms with Crippen LogP contribution in [0, 0.1) is 5.82 Å². The first-order valence-electron chi connectivity index (χ1n) is 7.29. The van der Waals surface area contributed by atoms with Gasteiger partial charge in [0.05, 0.1) is 17.4 Å². The van der Waals surface area contributed by atoms with Crippen molar-refractivity contribution in [3.63, 3.8) is 0 Å². The molecule has 0 aliphatic rings. The van der Waals surface area contributed by atoms with Crippen molar-refractivity contribution in [1.29, 1.82) is 0 Å². The van der Waals surface area contributed by atoms with Gasteiger partial charge in [-0.25, -0.2) is 9.37 Å². The van der Waals surface area contributed by atoms with Crippen LogP contribution in [0.1, 0.15) is 6.92 Å². The van der Waals surface area contributed by atoms with E-state index in [4.69, 9.17) is 4.52 Å². The lowest BCUT2D eigenvalue weighted by atomic mass is 10.2. The Morgan fingerprint density at radius 2 is 1.87 bits per heavy atom. The molecule has 23 heavy (non-hydrogen) atoms. The molecule has 5 nitrogen and oxygen atoms in total. The average molecular weight is 308 g/mol. The zero-order valence-electron chi connectivity index (χ0n) is 12.4. The van der Waals surface area contributed by atoms with Gasteiger partial charge in [-0.05, 0) is 49.4 Å². The van der Waals surface area contributed by atoms with Crippen molar-refractivity contribution in [3.05, 3.63) is 54.6 Å². The third-order valence-electron chi connectivity index (χ3n) is 3.74. The second kappa shape index (κ2) is 5.31. The minimum absolute atomic E-state index is 0.301. The minimum Gasteiger partial charge on any atom is -0.334 e. The van der Waals surface area contributed by atoms with E-state index >= 15 is 0 Å². The number of fused-ring (bicyclic) bond motifs is 1. The SMILES string of the molecule is CCn1cnc2cc(-c3noc(-c4ccc(F)cc4)n3)ccc21. The third-order valence-corrected chi connectivity index (χ3v) is 3.74. The Morgan fingerprint density at radius 3 is 2.65 bits per heavy atom. The van der Waals surface area contributed by atoms with E-state index in [0.717, 1.165) is 23.1 Å². The maximum atomic E-state index is 13.0. The quantitative estimate of drug-likeness (QED) is 0.576. The number of imidazole rings is 1. The lowest BCUT2D eigenvalue weighted by Gasteiger charge is -1.99. The lowest BCUT2D eigenvalue weighted by Crippen LogP contribution is -1.90. The highest BCUT2D eigenvalue weighted by atomic mass is 19.1. The van der Waals surface area contributed by atoms with Gasteiger partial charge in [0.1, 0.15) is 5.82 Å². The molecule has 0 fully saturated rings. The molecule has 0 saturated heterocycles. The van der Waals surface area contributed by atoms with Gasteiger partial charge in [-0.1, -0.05) is 5.16 Å². The minimum atomic E-state index is -0.301. The molecule has 0 N–H and O–H groups in total. The number of aryl methyl sites for hydroxylation is 1. The van der Waals surface area contributed by atoms with Crippen LogP contribution in [0.4, 0.5) is 4.39 Å². The fourth-order valence-corrected chi connectivity index (χ4v) is 2.51. The predicted molar refractivity (Wildman–Crippen MR) is 84.1 cm³/mol. The van der Waals surface area contributed by atoms with E-state index in [1.54, 1.807) is 12.1 Å². The van der Waals surface area contributed by atoms with E-state index in [-0.39, 0.29) is 5.82 Å². The van der Waals surface area contributed by atoms with Gasteiger partial charge in [-0.15, -0.1) is 0 Å². The molecular formula is C17H13FN4O. The summed E-state index contributed by atoms with van der Waals surface area (Å²) in [4.78, 5) is 8.76. The molecule has 0 amide bonds. The van der Waals surface area contributed by atoms with Crippen molar-refractivity contribution in [1.82, 2.24) is 19.7 Å². The molecular weight excluding hydrogens is 295 g/mol. The summed E-state index contributed by atoms with van der Waals surface area (Å²) in [5.41, 5.74) is 3.47. The van der Waals surface area contributed by atoms with Gasteiger partial charge in [0.2, 0.25) is 5.82 Å². The van der Waals surface area contributed by atoms with E-state index in [9.17, 15) is 4.39 Å². The van der Waals surface area contributed by atoms with Crippen molar-refractivity contribution in [2.24, 2.45) is 0 Å². The van der Waals surface area contributed by atoms with Gasteiger partial charge in [0.15, 0.2) is 0 Å². The first-order valence-corrected chi connectivity index (χ1v) is 7.29. The van der Waals surface area contributed by atoms with Gasteiger partial charge in [0, 0.05) is 17.7 Å². The molecule has 0 saturated carbocycles. The largest absolute Gasteiger partial charge is 0.334 e. The fourth-order valence-electron chi connectivity index (χ4n) is 2.51. The van der Waals surface area contributed by atoms with Crippen LogP contribution >= 0.6 is 0 Å². The van der Waals surface area contributed by atoms with Gasteiger partial charge >= 0.3 is 0 Å². The molecule has 0 atom stereocenters. The summed E-state index contributed by atoms with van der Waals surface area (Å²) >= 11 is 0. The first kappa shape index (κ1) is 13.6. The second-order valence-electron chi connectivity index (χ2n) is 5.16. The molecule has 0 aliphatic carbocycles. The predicted octanol–water partition coefficient (Wildman–Crippen LogP) is 3.91. The normalized spacial score (nSPS) is 11.2. The molecule has 6 heteroatoms. The van der Waals surface area contributed by atoms with E-state index in [1.807, 2.05) is 24.5 Å². The lowest BCUT2D eigenvalue weighted by molar-refractivity contribution is 0.432. The number of hydrogen-bond acceptors (Lipinski definition) is 4. The number of halogens is 1. The maximum absolute atomic E-state index is 13.0. The summed E-state index contributed by atoms with van der Waals surface area (Å²) in [5.74, 6) is 0.543. The van der Waals surface area contributed by atoms with Crippen LogP contribution in [-0.2, 0) is 6.54 Å². The highest BCUT2D eigenvalue weighted by molar-refractivity contribution is 5.80. The fraction of sp³-hybridized carbons (Fsp3) is 0.118. The van der Waals surface area contributed by atoms with Crippen LogP contribution in [0.2, 0.25) is 0 Å². The molecule has 2 aromatic heterocycles. The standard InChI is InChI=1S/C17H13FN4O/c1-2-22-10-19-14-9-12(5-8-15(14)22)16-20-17(23-21-16)11-3-6-13(18)7-4-11/h3-10H,2H2,1H3. The molecule has 2 aromatic carbocycles. The number of hydrogen-bond donors (Lipinski definition) is 0. The molecule has 0 spiro atoms. The molecule has 114 valence electrons. The van der Waals surface area contributed by atoms with Crippen molar-refractivity contribution in [2.75, 3.05) is 0 Å². The van der Waals surface area contributed by atoms with Crippen LogP contribution in [0.3, 0.4) is 0 Å². The van der Waals surface area contributed by atoms with Gasteiger partial charge in [-0.3, -0.25) is 0 Å². The molecule has 4 rings (SSSR count). The van der Waals surface area contributed by atoms with E-state index in [2.05, 4.69) is 26.6 Å². The summed E-state index contributed by atoms with van der Waals surface area (Å²) in [6, 6.07) is 11.8. The van der Waals surface area contributed by atoms with Crippen LogP contribution in [0.15, 0.2) is 53.3 Å². The molecule has 2 heterocycles. The Balaban J connectivity index is 1.72. The summed E-state index contributed by atoms with van der Waals surface area (Å²) in [7, 11) is 0. The first-order chi connectivity index (χ1) is 11.2. The smallest absolute Gasteiger partial charge is 0.258 e. The van der Waals surface area contributed by atoms with Crippen LogP contribution < -0.4 is 0 Å². The summed E-state index contributed by atoms with van der Waals surface area (Å²) in [5, 5.41) is 4.00. The van der Waals surface area contributed by atoms with Crippen LogP contribution in [0.5, 0.6) is 0 Å². The summed E-state index contributed by atoms with van der Waals surface area (Å²) in [6.07, 6.45) is 1.81. The number of benzene rings is 2. The Bertz CT molecular complexity index is 972. The Morgan fingerprint density at radius 1 is 1.09 bits per heavy atom. The Kier molecular flexibility index (Phi) is 3.15. The number of nitrogens with zero attached hydrogens (tertiary/aromatic N) is 4. The van der Waals surface area contributed by atoms with E-state index in [1.165, 1.54) is 12.1 Å². The second-order valence-corrected chi connectivity index (χ2v) is 5.16.